The number of rotatable bonds is 7. The van der Waals surface area contributed by atoms with Gasteiger partial charge in [-0.1, -0.05) is 48.5 Å². The molecule has 2 aromatic rings. The first-order valence-corrected chi connectivity index (χ1v) is 11.3. The monoisotopic (exact) mass is 464 g/mol. The molecule has 2 heterocycles. The third-order valence-electron chi connectivity index (χ3n) is 5.99. The Hall–Kier alpha value is -3.62. The molecule has 34 heavy (non-hydrogen) atoms. The normalized spacial score (nSPS) is 20.2. The van der Waals surface area contributed by atoms with Gasteiger partial charge in [-0.05, 0) is 37.1 Å². The third kappa shape index (κ3) is 4.55. The van der Waals surface area contributed by atoms with Crippen LogP contribution in [-0.4, -0.2) is 57.2 Å². The number of nitrogens with zero attached hydrogens (tertiary/aromatic N) is 2. The van der Waals surface area contributed by atoms with Crippen LogP contribution in [0.1, 0.15) is 48.6 Å². The van der Waals surface area contributed by atoms with E-state index in [2.05, 4.69) is 0 Å². The van der Waals surface area contributed by atoms with Crippen LogP contribution in [0.5, 0.6) is 0 Å². The lowest BCUT2D eigenvalue weighted by Crippen LogP contribution is -2.44. The van der Waals surface area contributed by atoms with E-state index in [0.29, 0.717) is 13.1 Å². The fourth-order valence-corrected chi connectivity index (χ4v) is 4.06. The van der Waals surface area contributed by atoms with Gasteiger partial charge in [-0.15, -0.1) is 0 Å². The van der Waals surface area contributed by atoms with Gasteiger partial charge in [0.2, 0.25) is 12.5 Å². The fourth-order valence-electron chi connectivity index (χ4n) is 4.06. The summed E-state index contributed by atoms with van der Waals surface area (Å²) in [4.78, 5) is 29.0. The van der Waals surface area contributed by atoms with E-state index in [1.54, 1.807) is 22.2 Å². The second kappa shape index (κ2) is 10.1. The molecule has 0 aliphatic carbocycles. The van der Waals surface area contributed by atoms with Gasteiger partial charge < -0.3 is 29.5 Å². The van der Waals surface area contributed by atoms with E-state index >= 15 is 0 Å². The molecule has 178 valence electrons. The molecule has 2 aliphatic rings. The summed E-state index contributed by atoms with van der Waals surface area (Å²) in [5, 5.41) is 20.9. The molecule has 0 saturated heterocycles. The Morgan fingerprint density at radius 3 is 1.53 bits per heavy atom. The molecule has 4 unspecified atom stereocenters. The Labute approximate surface area is 198 Å². The molecular formula is C26H28N2O6. The lowest BCUT2D eigenvalue weighted by molar-refractivity contribution is -0.187. The minimum Gasteiger partial charge on any atom is -0.435 e. The highest BCUT2D eigenvalue weighted by molar-refractivity contribution is 5.85. The van der Waals surface area contributed by atoms with Crippen LogP contribution in [0.3, 0.4) is 0 Å². The summed E-state index contributed by atoms with van der Waals surface area (Å²) in [5.41, 5.74) is 3.24. The fraction of sp³-hybridized carbons (Fsp3) is 0.308. The summed E-state index contributed by atoms with van der Waals surface area (Å²) in [7, 11) is 0. The molecule has 0 aromatic heterocycles. The summed E-state index contributed by atoms with van der Waals surface area (Å²) in [6.45, 7) is 4.89. The summed E-state index contributed by atoms with van der Waals surface area (Å²) in [5.74, 6) is -2.23. The number of carbonyl (C=O) groups is 2. The van der Waals surface area contributed by atoms with Crippen LogP contribution in [0.25, 0.3) is 12.2 Å². The molecule has 4 atom stereocenters. The lowest BCUT2D eigenvalue weighted by atomic mass is 10.0. The first-order valence-electron chi connectivity index (χ1n) is 11.3. The maximum atomic E-state index is 12.7. The van der Waals surface area contributed by atoms with Gasteiger partial charge in [0, 0.05) is 36.6 Å². The number of esters is 2. The molecule has 0 amide bonds. The average Bonchev–Trinajstić information content (AvgIpc) is 2.88. The van der Waals surface area contributed by atoms with Crippen LogP contribution in [0.4, 0.5) is 0 Å². The number of hydrogen-bond donors (Lipinski definition) is 2. The zero-order chi connectivity index (χ0) is 24.2. The minimum absolute atomic E-state index is 0.547. The van der Waals surface area contributed by atoms with E-state index in [0.717, 1.165) is 22.3 Å². The third-order valence-corrected chi connectivity index (χ3v) is 5.99. The van der Waals surface area contributed by atoms with Gasteiger partial charge in [0.25, 0.3) is 0 Å². The number of hydrogen-bond acceptors (Lipinski definition) is 8. The van der Waals surface area contributed by atoms with Gasteiger partial charge in [-0.2, -0.15) is 0 Å². The van der Waals surface area contributed by atoms with E-state index in [4.69, 9.17) is 9.47 Å². The predicted octanol–water partition coefficient (Wildman–Crippen LogP) is 2.80. The number of aliphatic hydroxyl groups is 2. The van der Waals surface area contributed by atoms with Crippen molar-refractivity contribution in [2.45, 2.75) is 38.5 Å². The number of aliphatic hydroxyl groups excluding tert-OH is 2. The van der Waals surface area contributed by atoms with Crippen molar-refractivity contribution in [2.75, 3.05) is 13.1 Å². The van der Waals surface area contributed by atoms with Crippen LogP contribution in [0.15, 0.2) is 60.9 Å². The van der Waals surface area contributed by atoms with Gasteiger partial charge in [-0.25, -0.2) is 9.59 Å². The van der Waals surface area contributed by atoms with Gasteiger partial charge in [0.05, 0.1) is 0 Å². The van der Waals surface area contributed by atoms with E-state index in [9.17, 15) is 19.8 Å². The first kappa shape index (κ1) is 23.5. The van der Waals surface area contributed by atoms with E-state index in [1.807, 2.05) is 74.5 Å². The number of fused-ring (bicyclic) bond motifs is 2. The van der Waals surface area contributed by atoms with E-state index < -0.39 is 36.6 Å². The average molecular weight is 465 g/mol. The Balaban J connectivity index is 1.46. The van der Waals surface area contributed by atoms with Crippen molar-refractivity contribution < 1.29 is 29.3 Å². The van der Waals surface area contributed by atoms with Crippen LogP contribution in [0, 0.1) is 0 Å². The van der Waals surface area contributed by atoms with Gasteiger partial charge in [-0.3, -0.25) is 0 Å². The molecule has 0 radical (unpaired) electrons. The Morgan fingerprint density at radius 1 is 0.765 bits per heavy atom. The van der Waals surface area contributed by atoms with Crippen molar-refractivity contribution in [1.29, 1.82) is 0 Å². The van der Waals surface area contributed by atoms with Crippen molar-refractivity contribution >= 4 is 24.1 Å². The molecular weight excluding hydrogens is 436 g/mol. The Kier molecular flexibility index (Phi) is 7.00. The van der Waals surface area contributed by atoms with E-state index in [1.165, 1.54) is 0 Å². The molecule has 4 rings (SSSR count). The summed E-state index contributed by atoms with van der Waals surface area (Å²) in [6.07, 6.45) is 1.62. The second-order valence-corrected chi connectivity index (χ2v) is 8.02. The van der Waals surface area contributed by atoms with Crippen molar-refractivity contribution in [1.82, 2.24) is 9.80 Å². The number of benzene rings is 2. The summed E-state index contributed by atoms with van der Waals surface area (Å²) < 4.78 is 11.1. The van der Waals surface area contributed by atoms with E-state index in [-0.39, 0.29) is 0 Å². The van der Waals surface area contributed by atoms with Crippen LogP contribution >= 0.6 is 0 Å². The molecule has 2 N–H and O–H groups in total. The molecule has 0 saturated carbocycles. The number of ether oxygens (including phenoxy) is 2. The van der Waals surface area contributed by atoms with Crippen molar-refractivity contribution in [3.63, 3.8) is 0 Å². The number of carbonyl (C=O) groups excluding carboxylic acids is 2. The molecule has 0 bridgehead atoms. The van der Waals surface area contributed by atoms with Crippen molar-refractivity contribution in [3.05, 3.63) is 83.2 Å². The maximum absolute atomic E-state index is 12.7. The summed E-state index contributed by atoms with van der Waals surface area (Å²) >= 11 is 0. The highest BCUT2D eigenvalue weighted by Gasteiger charge is 2.38. The predicted molar refractivity (Wildman–Crippen MR) is 125 cm³/mol. The zero-order valence-corrected chi connectivity index (χ0v) is 19.1. The molecule has 8 heteroatoms. The smallest absolute Gasteiger partial charge is 0.340 e. The lowest BCUT2D eigenvalue weighted by Gasteiger charge is -2.35. The van der Waals surface area contributed by atoms with Gasteiger partial charge in [0.15, 0.2) is 12.2 Å². The highest BCUT2D eigenvalue weighted by atomic mass is 16.6. The quantitative estimate of drug-likeness (QED) is 0.604. The minimum atomic E-state index is -2.10. The first-order chi connectivity index (χ1) is 16.4. The molecule has 8 nitrogen and oxygen atoms in total. The molecule has 0 spiro atoms. The zero-order valence-electron chi connectivity index (χ0n) is 19.1. The van der Waals surface area contributed by atoms with Gasteiger partial charge >= 0.3 is 11.9 Å². The topological polar surface area (TPSA) is 99.5 Å². The SMILES string of the molecule is CCN1C=Cc2ccccc2C1OC(=O)C(O)C(O)C(=O)OC1c2ccccc2C=CN1CC. The van der Waals surface area contributed by atoms with Crippen LogP contribution in [-0.2, 0) is 19.1 Å². The highest BCUT2D eigenvalue weighted by Crippen LogP contribution is 2.33. The second-order valence-electron chi connectivity index (χ2n) is 8.02. The van der Waals surface area contributed by atoms with Crippen molar-refractivity contribution in [2.24, 2.45) is 0 Å². The Morgan fingerprint density at radius 2 is 1.15 bits per heavy atom. The maximum Gasteiger partial charge on any atom is 0.340 e. The molecule has 2 aromatic carbocycles. The van der Waals surface area contributed by atoms with Crippen molar-refractivity contribution in [3.8, 4) is 0 Å². The van der Waals surface area contributed by atoms with Gasteiger partial charge in [0.1, 0.15) is 0 Å². The Bertz CT molecular complexity index is 1030. The standard InChI is InChI=1S/C26H28N2O6/c1-3-27-15-13-17-9-5-7-11-19(17)23(27)33-25(31)21(29)22(30)26(32)34-24-20-12-8-6-10-18(20)14-16-28(24)4-2/h5-16,21-24,29-30H,3-4H2,1-2H3. The van der Waals surface area contributed by atoms with Crippen LogP contribution in [0.2, 0.25) is 0 Å². The summed E-state index contributed by atoms with van der Waals surface area (Å²) in [6, 6.07) is 14.8. The van der Waals surface area contributed by atoms with Crippen LogP contribution < -0.4 is 0 Å². The largest absolute Gasteiger partial charge is 0.435 e. The molecule has 2 aliphatic heterocycles. The molecule has 0 fully saturated rings.